The summed E-state index contributed by atoms with van der Waals surface area (Å²) < 4.78 is 6.29. The maximum atomic E-state index is 5.58. The first-order valence-electron chi connectivity index (χ1n) is 4.59. The fourth-order valence-corrected chi connectivity index (χ4v) is 2.10. The van der Waals surface area contributed by atoms with E-state index in [1.54, 1.807) is 0 Å². The zero-order chi connectivity index (χ0) is 11.5. The molecule has 2 rings (SSSR count). The molecule has 0 saturated carbocycles. The Balaban J connectivity index is 2.18. The number of ether oxygens (including phenoxy) is 1. The van der Waals surface area contributed by atoms with Crippen LogP contribution in [-0.4, -0.2) is 24.3 Å². The van der Waals surface area contributed by atoms with Crippen molar-refractivity contribution in [3.8, 4) is 10.9 Å². The van der Waals surface area contributed by atoms with Gasteiger partial charge in [-0.2, -0.15) is 0 Å². The third-order valence-electron chi connectivity index (χ3n) is 1.92. The molecule has 0 aliphatic heterocycles. The fourth-order valence-electron chi connectivity index (χ4n) is 1.16. The minimum Gasteiger partial charge on any atom is -0.430 e. The predicted octanol–water partition coefficient (Wildman–Crippen LogP) is 3.16. The van der Waals surface area contributed by atoms with E-state index in [4.69, 9.17) is 4.74 Å². The van der Waals surface area contributed by atoms with Gasteiger partial charge in [-0.1, -0.05) is 11.2 Å². The lowest BCUT2D eigenvalue weighted by atomic mass is 10.3. The molecule has 0 bridgehead atoms. The summed E-state index contributed by atoms with van der Waals surface area (Å²) in [5.41, 5.74) is 1.08. The first kappa shape index (κ1) is 11.3. The van der Waals surface area contributed by atoms with Crippen molar-refractivity contribution in [2.24, 2.45) is 0 Å². The normalized spacial score (nSPS) is 10.2. The molecule has 1 heterocycles. The second-order valence-corrected chi connectivity index (χ2v) is 5.53. The van der Waals surface area contributed by atoms with Crippen LogP contribution in [0.15, 0.2) is 28.2 Å². The second kappa shape index (κ2) is 4.80. The SMILES string of the molecule is CN(C)c1cccc(Oc2nnc(Br)s2)c1. The number of rotatable bonds is 3. The van der Waals surface area contributed by atoms with E-state index in [2.05, 4.69) is 26.1 Å². The van der Waals surface area contributed by atoms with E-state index in [1.165, 1.54) is 11.3 Å². The van der Waals surface area contributed by atoms with Gasteiger partial charge in [-0.15, -0.1) is 5.10 Å². The second-order valence-electron chi connectivity index (χ2n) is 3.31. The molecule has 16 heavy (non-hydrogen) atoms. The molecule has 0 unspecified atom stereocenters. The van der Waals surface area contributed by atoms with Crippen molar-refractivity contribution in [2.45, 2.75) is 0 Å². The van der Waals surface area contributed by atoms with E-state index < -0.39 is 0 Å². The number of hydrogen-bond acceptors (Lipinski definition) is 5. The summed E-state index contributed by atoms with van der Waals surface area (Å²) >= 11 is 4.60. The van der Waals surface area contributed by atoms with Gasteiger partial charge in [-0.3, -0.25) is 0 Å². The molecule has 6 heteroatoms. The molecule has 0 radical (unpaired) electrons. The Kier molecular flexibility index (Phi) is 3.40. The van der Waals surface area contributed by atoms with Crippen molar-refractivity contribution in [2.75, 3.05) is 19.0 Å². The summed E-state index contributed by atoms with van der Waals surface area (Å²) in [5.74, 6) is 0.759. The van der Waals surface area contributed by atoms with Gasteiger partial charge in [-0.25, -0.2) is 0 Å². The van der Waals surface area contributed by atoms with Gasteiger partial charge in [0.2, 0.25) is 0 Å². The molecule has 0 atom stereocenters. The van der Waals surface area contributed by atoms with E-state index in [9.17, 15) is 0 Å². The number of hydrogen-bond donors (Lipinski definition) is 0. The molecule has 84 valence electrons. The van der Waals surface area contributed by atoms with E-state index in [-0.39, 0.29) is 0 Å². The quantitative estimate of drug-likeness (QED) is 0.872. The van der Waals surface area contributed by atoms with Crippen LogP contribution >= 0.6 is 27.3 Å². The summed E-state index contributed by atoms with van der Waals surface area (Å²) in [6.07, 6.45) is 0. The van der Waals surface area contributed by atoms with Crippen molar-refractivity contribution in [3.05, 3.63) is 28.2 Å². The predicted molar refractivity (Wildman–Crippen MR) is 68.5 cm³/mol. The van der Waals surface area contributed by atoms with E-state index >= 15 is 0 Å². The van der Waals surface area contributed by atoms with Crippen LogP contribution < -0.4 is 9.64 Å². The van der Waals surface area contributed by atoms with Gasteiger partial charge in [0.25, 0.3) is 5.19 Å². The summed E-state index contributed by atoms with van der Waals surface area (Å²) in [6.45, 7) is 0. The zero-order valence-corrected chi connectivity index (χ0v) is 11.2. The molecular formula is C10H10BrN3OS. The van der Waals surface area contributed by atoms with Crippen LogP contribution in [0, 0.1) is 0 Å². The highest BCUT2D eigenvalue weighted by Gasteiger charge is 2.05. The van der Waals surface area contributed by atoms with Gasteiger partial charge >= 0.3 is 0 Å². The Hall–Kier alpha value is -1.14. The number of anilines is 1. The lowest BCUT2D eigenvalue weighted by Crippen LogP contribution is -2.08. The Bertz CT molecular complexity index is 486. The average Bonchev–Trinajstić information content (AvgIpc) is 2.64. The monoisotopic (exact) mass is 299 g/mol. The third kappa shape index (κ3) is 2.70. The van der Waals surface area contributed by atoms with Crippen molar-refractivity contribution in [3.63, 3.8) is 0 Å². The largest absolute Gasteiger partial charge is 0.430 e. The highest BCUT2D eigenvalue weighted by molar-refractivity contribution is 9.11. The minimum atomic E-state index is 0.530. The topological polar surface area (TPSA) is 38.2 Å². The summed E-state index contributed by atoms with van der Waals surface area (Å²) in [5, 5.41) is 8.22. The molecule has 0 aliphatic rings. The molecule has 1 aromatic carbocycles. The molecule has 2 aromatic rings. The van der Waals surface area contributed by atoms with Crippen molar-refractivity contribution in [1.82, 2.24) is 10.2 Å². The number of benzene rings is 1. The Morgan fingerprint density at radius 3 is 2.75 bits per heavy atom. The zero-order valence-electron chi connectivity index (χ0n) is 8.85. The summed E-state index contributed by atoms with van der Waals surface area (Å²) in [7, 11) is 3.97. The van der Waals surface area contributed by atoms with Crippen LogP contribution in [0.1, 0.15) is 0 Å². The molecule has 0 fully saturated rings. The highest BCUT2D eigenvalue weighted by Crippen LogP contribution is 2.29. The fraction of sp³-hybridized carbons (Fsp3) is 0.200. The minimum absolute atomic E-state index is 0.530. The Morgan fingerprint density at radius 1 is 1.31 bits per heavy atom. The molecule has 0 saturated heterocycles. The maximum Gasteiger partial charge on any atom is 0.300 e. The van der Waals surface area contributed by atoms with Crippen molar-refractivity contribution >= 4 is 33.0 Å². The highest BCUT2D eigenvalue weighted by atomic mass is 79.9. The maximum absolute atomic E-state index is 5.58. The van der Waals surface area contributed by atoms with Crippen LogP contribution in [0.3, 0.4) is 0 Å². The first-order valence-corrected chi connectivity index (χ1v) is 6.20. The third-order valence-corrected chi connectivity index (χ3v) is 3.15. The van der Waals surface area contributed by atoms with Gasteiger partial charge < -0.3 is 9.64 Å². The van der Waals surface area contributed by atoms with Crippen LogP contribution in [0.25, 0.3) is 0 Å². The van der Waals surface area contributed by atoms with Gasteiger partial charge in [0.05, 0.1) is 0 Å². The lowest BCUT2D eigenvalue weighted by molar-refractivity contribution is 0.473. The van der Waals surface area contributed by atoms with E-state index in [1.807, 2.05) is 43.3 Å². The van der Waals surface area contributed by atoms with Gasteiger partial charge in [0.1, 0.15) is 5.75 Å². The summed E-state index contributed by atoms with van der Waals surface area (Å²) in [4.78, 5) is 2.02. The van der Waals surface area contributed by atoms with Gasteiger partial charge in [0, 0.05) is 25.8 Å². The molecule has 0 spiro atoms. The van der Waals surface area contributed by atoms with Crippen LogP contribution in [0.4, 0.5) is 5.69 Å². The average molecular weight is 300 g/mol. The molecule has 1 aromatic heterocycles. The number of halogens is 1. The first-order chi connectivity index (χ1) is 7.65. The molecular weight excluding hydrogens is 290 g/mol. The van der Waals surface area contributed by atoms with Crippen molar-refractivity contribution < 1.29 is 4.74 Å². The standard InChI is InChI=1S/C10H10BrN3OS/c1-14(2)7-4-3-5-8(6-7)15-10-13-12-9(11)16-10/h3-6H,1-2H3. The number of aromatic nitrogens is 2. The molecule has 0 amide bonds. The molecule has 0 aliphatic carbocycles. The van der Waals surface area contributed by atoms with Gasteiger partial charge in [0.15, 0.2) is 3.92 Å². The van der Waals surface area contributed by atoms with Crippen LogP contribution in [-0.2, 0) is 0 Å². The molecule has 0 N–H and O–H groups in total. The lowest BCUT2D eigenvalue weighted by Gasteiger charge is -2.12. The Morgan fingerprint density at radius 2 is 2.12 bits per heavy atom. The van der Waals surface area contributed by atoms with E-state index in [0.717, 1.165) is 11.4 Å². The smallest absolute Gasteiger partial charge is 0.300 e. The number of nitrogens with zero attached hydrogens (tertiary/aromatic N) is 3. The van der Waals surface area contributed by atoms with Gasteiger partial charge in [-0.05, 0) is 39.4 Å². The molecule has 4 nitrogen and oxygen atoms in total. The Labute approximate surface area is 106 Å². The summed E-state index contributed by atoms with van der Waals surface area (Å²) in [6, 6.07) is 7.81. The van der Waals surface area contributed by atoms with Crippen LogP contribution in [0.5, 0.6) is 10.9 Å². The van der Waals surface area contributed by atoms with E-state index in [0.29, 0.717) is 9.11 Å². The van der Waals surface area contributed by atoms with Crippen LogP contribution in [0.2, 0.25) is 0 Å². The van der Waals surface area contributed by atoms with Crippen molar-refractivity contribution in [1.29, 1.82) is 0 Å².